The van der Waals surface area contributed by atoms with Gasteiger partial charge in [-0.15, -0.1) is 0 Å². The molecule has 0 aromatic heterocycles. The number of hydrogen-bond acceptors (Lipinski definition) is 6. The lowest BCUT2D eigenvalue weighted by atomic mass is 10.0. The molecule has 0 saturated carbocycles. The summed E-state index contributed by atoms with van der Waals surface area (Å²) in [5.41, 5.74) is 9.04. The maximum atomic E-state index is 12.4. The van der Waals surface area contributed by atoms with Gasteiger partial charge in [-0.25, -0.2) is 9.59 Å². The van der Waals surface area contributed by atoms with Crippen molar-refractivity contribution >= 4 is 23.6 Å². The number of nitrogens with one attached hydrogen (secondary N) is 1. The Labute approximate surface area is 176 Å². The topological polar surface area (TPSA) is 127 Å². The van der Waals surface area contributed by atoms with E-state index in [0.717, 1.165) is 0 Å². The maximum Gasteiger partial charge on any atom is 0.408 e. The van der Waals surface area contributed by atoms with Gasteiger partial charge in [0.15, 0.2) is 5.78 Å². The lowest BCUT2D eigenvalue weighted by Gasteiger charge is -2.21. The van der Waals surface area contributed by atoms with Crippen LogP contribution in [0.5, 0.6) is 5.75 Å². The molecule has 1 amide bonds. The molecule has 1 rings (SSSR count). The van der Waals surface area contributed by atoms with Crippen molar-refractivity contribution in [3.05, 3.63) is 35.4 Å². The first-order valence-electron chi connectivity index (χ1n) is 9.59. The number of rotatable bonds is 9. The molecule has 1 N–H and O–H groups in total. The summed E-state index contributed by atoms with van der Waals surface area (Å²) in [5.74, 6) is -0.525. The normalized spacial score (nSPS) is 12.7. The number of amides is 1. The molecule has 0 radical (unpaired) electrons. The summed E-state index contributed by atoms with van der Waals surface area (Å²) < 4.78 is 15.6. The third-order valence-electron chi connectivity index (χ3n) is 3.81. The number of hydrogen-bond donors (Lipinski definition) is 1. The summed E-state index contributed by atoms with van der Waals surface area (Å²) in [7, 11) is 0. The van der Waals surface area contributed by atoms with Gasteiger partial charge in [-0.3, -0.25) is 4.79 Å². The van der Waals surface area contributed by atoms with Crippen LogP contribution in [0.1, 0.15) is 47.1 Å². The van der Waals surface area contributed by atoms with Crippen molar-refractivity contribution in [2.45, 2.75) is 65.7 Å². The van der Waals surface area contributed by atoms with Crippen molar-refractivity contribution < 1.29 is 33.4 Å². The lowest BCUT2D eigenvalue weighted by molar-refractivity contribution is -0.149. The van der Waals surface area contributed by atoms with Crippen molar-refractivity contribution in [2.75, 3.05) is 6.61 Å². The van der Waals surface area contributed by atoms with E-state index in [9.17, 15) is 14.4 Å². The summed E-state index contributed by atoms with van der Waals surface area (Å²) in [6, 6.07) is 5.80. The monoisotopic (exact) mass is 419 g/mol. The van der Waals surface area contributed by atoms with Gasteiger partial charge in [-0.1, -0.05) is 12.1 Å². The van der Waals surface area contributed by atoms with Crippen LogP contribution in [0.2, 0.25) is 0 Å². The molecule has 0 aliphatic heterocycles. The first kappa shape index (κ1) is 24.8. The molecule has 0 bridgehead atoms. The van der Waals surface area contributed by atoms with Crippen LogP contribution in [0.4, 0.5) is 4.79 Å². The largest absolute Gasteiger partial charge is 0.467 e. The molecule has 0 heterocycles. The molecule has 9 nitrogen and oxygen atoms in total. The Balaban J connectivity index is 2.73. The Bertz CT molecular complexity index is 807. The van der Waals surface area contributed by atoms with E-state index < -0.39 is 29.8 Å². The van der Waals surface area contributed by atoms with Crippen molar-refractivity contribution in [3.8, 4) is 5.75 Å². The average molecular weight is 419 g/mol. The van der Waals surface area contributed by atoms with Gasteiger partial charge in [-0.05, 0) is 52.3 Å². The SMILES string of the molecule is CCOC(=O)[C@@H](Oc1ccc(CC(=O)[C@H](C)NC(=O)OC(C)(C)C)cc1)C(C)=[N+]=[N-]. The fourth-order valence-electron chi connectivity index (χ4n) is 2.32. The Morgan fingerprint density at radius 2 is 1.77 bits per heavy atom. The number of ether oxygens (including phenoxy) is 3. The minimum atomic E-state index is -1.18. The van der Waals surface area contributed by atoms with Crippen molar-refractivity contribution in [1.29, 1.82) is 0 Å². The van der Waals surface area contributed by atoms with E-state index in [2.05, 4.69) is 10.1 Å². The number of alkyl carbamates (subject to hydrolysis) is 1. The van der Waals surface area contributed by atoms with Gasteiger partial charge in [-0.2, -0.15) is 4.79 Å². The average Bonchev–Trinajstić information content (AvgIpc) is 2.65. The molecule has 2 atom stereocenters. The molecule has 9 heteroatoms. The number of esters is 1. The van der Waals surface area contributed by atoms with E-state index in [-0.39, 0.29) is 24.5 Å². The summed E-state index contributed by atoms with van der Waals surface area (Å²) in [6.07, 6.45) is -1.74. The fraction of sp³-hybridized carbons (Fsp3) is 0.524. The van der Waals surface area contributed by atoms with Crippen molar-refractivity contribution in [2.24, 2.45) is 0 Å². The van der Waals surface area contributed by atoms with Crippen LogP contribution in [0, 0.1) is 0 Å². The number of carbonyl (C=O) groups excluding carboxylic acids is 3. The van der Waals surface area contributed by atoms with Crippen LogP contribution in [0.15, 0.2) is 24.3 Å². The first-order valence-corrected chi connectivity index (χ1v) is 9.59. The Kier molecular flexibility index (Phi) is 9.20. The number of benzene rings is 1. The van der Waals surface area contributed by atoms with Gasteiger partial charge >= 0.3 is 17.8 Å². The molecule has 0 aliphatic carbocycles. The Morgan fingerprint density at radius 3 is 2.27 bits per heavy atom. The highest BCUT2D eigenvalue weighted by molar-refractivity contribution is 6.01. The van der Waals surface area contributed by atoms with Gasteiger partial charge in [0, 0.05) is 13.3 Å². The van der Waals surface area contributed by atoms with Crippen LogP contribution < -0.4 is 10.1 Å². The second kappa shape index (κ2) is 11.1. The number of Topliss-reactive ketones (excluding diaryl/α,β-unsaturated/α-hetero) is 1. The summed E-state index contributed by atoms with van der Waals surface area (Å²) >= 11 is 0. The van der Waals surface area contributed by atoms with Gasteiger partial charge in [0.25, 0.3) is 6.10 Å². The van der Waals surface area contributed by atoms with Crippen LogP contribution >= 0.6 is 0 Å². The third-order valence-corrected chi connectivity index (χ3v) is 3.81. The van der Waals surface area contributed by atoms with Gasteiger partial charge < -0.3 is 25.1 Å². The van der Waals surface area contributed by atoms with E-state index in [1.165, 1.54) is 6.92 Å². The lowest BCUT2D eigenvalue weighted by Crippen LogP contribution is -2.42. The van der Waals surface area contributed by atoms with Crippen LogP contribution in [0.25, 0.3) is 5.53 Å². The molecule has 1 aromatic rings. The minimum absolute atomic E-state index is 0.0507. The molecule has 0 aliphatic rings. The molecule has 0 saturated heterocycles. The van der Waals surface area contributed by atoms with E-state index in [1.54, 1.807) is 58.9 Å². The van der Waals surface area contributed by atoms with Gasteiger partial charge in [0.05, 0.1) is 12.6 Å². The highest BCUT2D eigenvalue weighted by Crippen LogP contribution is 2.16. The van der Waals surface area contributed by atoms with E-state index in [0.29, 0.717) is 11.3 Å². The quantitative estimate of drug-likeness (QED) is 0.284. The van der Waals surface area contributed by atoms with Crippen LogP contribution in [-0.2, 0) is 25.5 Å². The van der Waals surface area contributed by atoms with Gasteiger partial charge in [0.2, 0.25) is 0 Å². The molecule has 0 spiro atoms. The third kappa shape index (κ3) is 8.45. The zero-order valence-corrected chi connectivity index (χ0v) is 18.2. The molecule has 0 fully saturated rings. The zero-order chi connectivity index (χ0) is 22.9. The van der Waals surface area contributed by atoms with E-state index >= 15 is 0 Å². The molecular formula is C21H29N3O6. The predicted octanol–water partition coefficient (Wildman–Crippen LogP) is 2.71. The summed E-state index contributed by atoms with van der Waals surface area (Å²) in [5, 5.41) is 2.51. The summed E-state index contributed by atoms with van der Waals surface area (Å²) in [4.78, 5) is 39.1. The van der Waals surface area contributed by atoms with Crippen LogP contribution in [0.3, 0.4) is 0 Å². The standard InChI is InChI=1S/C21H29N3O6/c1-7-28-19(26)18(14(3)24-22)29-16-10-8-15(9-11-16)12-17(25)13(2)23-20(27)30-21(4,5)6/h8-11,13,18H,7,12H2,1-6H3,(H,23,27)/t13-,18-/m0/s1. The second-order valence-electron chi connectivity index (χ2n) is 7.65. The molecule has 1 aromatic carbocycles. The zero-order valence-electron chi connectivity index (χ0n) is 18.2. The van der Waals surface area contributed by atoms with Gasteiger partial charge in [0.1, 0.15) is 11.4 Å². The first-order chi connectivity index (χ1) is 14.0. The molecule has 164 valence electrons. The molecule has 30 heavy (non-hydrogen) atoms. The smallest absolute Gasteiger partial charge is 0.408 e. The maximum absolute atomic E-state index is 12.4. The number of ketones is 1. The van der Waals surface area contributed by atoms with E-state index in [1.807, 2.05) is 0 Å². The highest BCUT2D eigenvalue weighted by atomic mass is 16.6. The number of nitrogens with zero attached hydrogens (tertiary/aromatic N) is 2. The number of carbonyl (C=O) groups is 3. The van der Waals surface area contributed by atoms with E-state index in [4.69, 9.17) is 19.7 Å². The second-order valence-corrected chi connectivity index (χ2v) is 7.65. The van der Waals surface area contributed by atoms with Crippen molar-refractivity contribution in [3.63, 3.8) is 0 Å². The van der Waals surface area contributed by atoms with Crippen LogP contribution in [-0.4, -0.2) is 52.7 Å². The highest BCUT2D eigenvalue weighted by Gasteiger charge is 2.31. The Hall–Kier alpha value is -3.19. The van der Waals surface area contributed by atoms with Crippen molar-refractivity contribution in [1.82, 2.24) is 5.32 Å². The fourth-order valence-corrected chi connectivity index (χ4v) is 2.32. The summed E-state index contributed by atoms with van der Waals surface area (Å²) in [6.45, 7) is 10.1. The molecular weight excluding hydrogens is 390 g/mol. The Morgan fingerprint density at radius 1 is 1.17 bits per heavy atom. The predicted molar refractivity (Wildman–Crippen MR) is 109 cm³/mol. The minimum Gasteiger partial charge on any atom is -0.467 e. The molecule has 0 unspecified atom stereocenters.